The van der Waals surface area contributed by atoms with Gasteiger partial charge in [-0.2, -0.15) is 0 Å². The van der Waals surface area contributed by atoms with Crippen LogP contribution in [-0.4, -0.2) is 9.55 Å². The molecule has 0 amide bonds. The van der Waals surface area contributed by atoms with Crippen molar-refractivity contribution in [1.82, 2.24) is 9.55 Å². The average molecular weight is 355 g/mol. The fraction of sp³-hybridized carbons (Fsp3) is 0.316. The van der Waals surface area contributed by atoms with Gasteiger partial charge in [0.25, 0.3) is 0 Å². The summed E-state index contributed by atoms with van der Waals surface area (Å²) >= 11 is 3.55. The smallest absolute Gasteiger partial charge is 0.100 e. The standard InChI is InChI=1S/C19H19BrN2/c20-16-8-11-18-19(12-16)22(13-21-18)17-9-6-15(7-10-17)14-4-2-1-3-5-14/h6-14H,1-5H2. The van der Waals surface area contributed by atoms with E-state index in [1.54, 1.807) is 0 Å². The highest BCUT2D eigenvalue weighted by molar-refractivity contribution is 9.10. The summed E-state index contributed by atoms with van der Waals surface area (Å²) in [5, 5.41) is 0. The minimum absolute atomic E-state index is 0.761. The highest BCUT2D eigenvalue weighted by Crippen LogP contribution is 2.33. The van der Waals surface area contributed by atoms with Crippen molar-refractivity contribution < 1.29 is 0 Å². The van der Waals surface area contributed by atoms with E-state index in [-0.39, 0.29) is 0 Å². The van der Waals surface area contributed by atoms with Gasteiger partial charge in [0.1, 0.15) is 6.33 Å². The molecule has 2 aromatic carbocycles. The van der Waals surface area contributed by atoms with Gasteiger partial charge >= 0.3 is 0 Å². The topological polar surface area (TPSA) is 17.8 Å². The summed E-state index contributed by atoms with van der Waals surface area (Å²) in [7, 11) is 0. The molecule has 1 fully saturated rings. The van der Waals surface area contributed by atoms with E-state index in [0.717, 1.165) is 21.4 Å². The third kappa shape index (κ3) is 2.58. The van der Waals surface area contributed by atoms with Crippen molar-refractivity contribution in [2.75, 3.05) is 0 Å². The molecule has 0 unspecified atom stereocenters. The van der Waals surface area contributed by atoms with Crippen molar-refractivity contribution in [3.63, 3.8) is 0 Å². The second kappa shape index (κ2) is 5.88. The van der Waals surface area contributed by atoms with E-state index >= 15 is 0 Å². The fourth-order valence-corrected chi connectivity index (χ4v) is 3.88. The minimum Gasteiger partial charge on any atom is -0.299 e. The lowest BCUT2D eigenvalue weighted by Gasteiger charge is -2.22. The molecule has 1 aliphatic carbocycles. The molecule has 3 heteroatoms. The van der Waals surface area contributed by atoms with E-state index in [0.29, 0.717) is 0 Å². The molecular weight excluding hydrogens is 336 g/mol. The lowest BCUT2D eigenvalue weighted by molar-refractivity contribution is 0.443. The predicted molar refractivity (Wildman–Crippen MR) is 94.6 cm³/mol. The van der Waals surface area contributed by atoms with Crippen LogP contribution in [0.25, 0.3) is 16.7 Å². The molecule has 0 bridgehead atoms. The molecule has 0 atom stereocenters. The van der Waals surface area contributed by atoms with Crippen LogP contribution in [0.4, 0.5) is 0 Å². The second-order valence-corrected chi connectivity index (χ2v) is 7.09. The summed E-state index contributed by atoms with van der Waals surface area (Å²) in [4.78, 5) is 4.49. The van der Waals surface area contributed by atoms with Crippen molar-refractivity contribution in [3.8, 4) is 5.69 Å². The molecule has 1 saturated carbocycles. The van der Waals surface area contributed by atoms with E-state index in [9.17, 15) is 0 Å². The van der Waals surface area contributed by atoms with Gasteiger partial charge in [0.15, 0.2) is 0 Å². The van der Waals surface area contributed by atoms with Crippen LogP contribution in [0.2, 0.25) is 0 Å². The molecule has 2 nitrogen and oxygen atoms in total. The zero-order valence-electron chi connectivity index (χ0n) is 12.5. The Morgan fingerprint density at radius 3 is 2.50 bits per heavy atom. The van der Waals surface area contributed by atoms with Crippen LogP contribution < -0.4 is 0 Å². The predicted octanol–water partition coefficient (Wildman–Crippen LogP) is 5.84. The molecule has 1 heterocycles. The Bertz CT molecular complexity index is 783. The SMILES string of the molecule is Brc1ccc2ncn(-c3ccc(C4CCCCC4)cc3)c2c1. The third-order valence-electron chi connectivity index (χ3n) is 4.76. The van der Waals surface area contributed by atoms with Crippen LogP contribution in [0.15, 0.2) is 53.3 Å². The molecule has 1 aliphatic rings. The average Bonchev–Trinajstić information content (AvgIpc) is 2.99. The molecule has 0 radical (unpaired) electrons. The van der Waals surface area contributed by atoms with E-state index in [1.807, 2.05) is 18.5 Å². The number of aromatic nitrogens is 2. The van der Waals surface area contributed by atoms with Crippen LogP contribution >= 0.6 is 15.9 Å². The Morgan fingerprint density at radius 1 is 0.955 bits per heavy atom. The van der Waals surface area contributed by atoms with Crippen molar-refractivity contribution in [2.24, 2.45) is 0 Å². The van der Waals surface area contributed by atoms with E-state index < -0.39 is 0 Å². The van der Waals surface area contributed by atoms with E-state index in [1.165, 1.54) is 43.4 Å². The summed E-state index contributed by atoms with van der Waals surface area (Å²) in [6.45, 7) is 0. The molecule has 1 aromatic heterocycles. The monoisotopic (exact) mass is 354 g/mol. The number of halogens is 1. The quantitative estimate of drug-likeness (QED) is 0.565. The number of imidazole rings is 1. The minimum atomic E-state index is 0.761. The number of hydrogen-bond acceptors (Lipinski definition) is 1. The van der Waals surface area contributed by atoms with Crippen molar-refractivity contribution >= 4 is 27.0 Å². The van der Waals surface area contributed by atoms with Crippen molar-refractivity contribution in [3.05, 3.63) is 58.8 Å². The molecule has 0 aliphatic heterocycles. The van der Waals surface area contributed by atoms with E-state index in [4.69, 9.17) is 0 Å². The van der Waals surface area contributed by atoms with Gasteiger partial charge in [-0.3, -0.25) is 4.57 Å². The first-order chi connectivity index (χ1) is 10.8. The molecule has 0 saturated heterocycles. The summed E-state index contributed by atoms with van der Waals surface area (Å²) in [5.41, 5.74) is 4.84. The highest BCUT2D eigenvalue weighted by Gasteiger charge is 2.15. The Hall–Kier alpha value is -1.61. The first-order valence-corrected chi connectivity index (χ1v) is 8.83. The largest absolute Gasteiger partial charge is 0.299 e. The summed E-state index contributed by atoms with van der Waals surface area (Å²) in [6, 6.07) is 15.3. The van der Waals surface area contributed by atoms with Gasteiger partial charge < -0.3 is 0 Å². The molecular formula is C19H19BrN2. The maximum Gasteiger partial charge on any atom is 0.100 e. The lowest BCUT2D eigenvalue weighted by atomic mass is 9.84. The number of benzene rings is 2. The Labute approximate surface area is 139 Å². The van der Waals surface area contributed by atoms with E-state index in [2.05, 4.69) is 55.8 Å². The fourth-order valence-electron chi connectivity index (χ4n) is 3.53. The van der Waals surface area contributed by atoms with Gasteiger partial charge in [-0.15, -0.1) is 0 Å². The van der Waals surface area contributed by atoms with Gasteiger partial charge in [0, 0.05) is 10.2 Å². The van der Waals surface area contributed by atoms with Gasteiger partial charge in [-0.1, -0.05) is 47.3 Å². The third-order valence-corrected chi connectivity index (χ3v) is 5.25. The lowest BCUT2D eigenvalue weighted by Crippen LogP contribution is -2.04. The molecule has 0 N–H and O–H groups in total. The highest BCUT2D eigenvalue weighted by atomic mass is 79.9. The molecule has 0 spiro atoms. The van der Waals surface area contributed by atoms with Crippen molar-refractivity contribution in [2.45, 2.75) is 38.0 Å². The van der Waals surface area contributed by atoms with Gasteiger partial charge in [-0.25, -0.2) is 4.98 Å². The summed E-state index contributed by atoms with van der Waals surface area (Å²) < 4.78 is 3.24. The van der Waals surface area contributed by atoms with Gasteiger partial charge in [0.2, 0.25) is 0 Å². The zero-order valence-corrected chi connectivity index (χ0v) is 14.1. The summed E-state index contributed by atoms with van der Waals surface area (Å²) in [5.74, 6) is 0.761. The Balaban J connectivity index is 1.68. The first-order valence-electron chi connectivity index (χ1n) is 8.04. The maximum atomic E-state index is 4.49. The normalized spacial score (nSPS) is 16.2. The number of nitrogens with zero attached hydrogens (tertiary/aromatic N) is 2. The van der Waals surface area contributed by atoms with Crippen LogP contribution in [0, 0.1) is 0 Å². The maximum absolute atomic E-state index is 4.49. The molecule has 3 aromatic rings. The van der Waals surface area contributed by atoms with Crippen molar-refractivity contribution in [1.29, 1.82) is 0 Å². The summed E-state index contributed by atoms with van der Waals surface area (Å²) in [6.07, 6.45) is 8.77. The Kier molecular flexibility index (Phi) is 3.75. The number of fused-ring (bicyclic) bond motifs is 1. The zero-order chi connectivity index (χ0) is 14.9. The van der Waals surface area contributed by atoms with Crippen LogP contribution in [-0.2, 0) is 0 Å². The Morgan fingerprint density at radius 2 is 1.73 bits per heavy atom. The van der Waals surface area contributed by atoms with Crippen LogP contribution in [0.1, 0.15) is 43.6 Å². The first kappa shape index (κ1) is 14.0. The van der Waals surface area contributed by atoms with Gasteiger partial charge in [-0.05, 0) is 54.7 Å². The molecule has 112 valence electrons. The second-order valence-electron chi connectivity index (χ2n) is 6.17. The van der Waals surface area contributed by atoms with Crippen LogP contribution in [0.3, 0.4) is 0 Å². The number of hydrogen-bond donors (Lipinski definition) is 0. The van der Waals surface area contributed by atoms with Gasteiger partial charge in [0.05, 0.1) is 11.0 Å². The van der Waals surface area contributed by atoms with Crippen LogP contribution in [0.5, 0.6) is 0 Å². The molecule has 4 rings (SSSR count). The number of rotatable bonds is 2. The molecule has 22 heavy (non-hydrogen) atoms.